The summed E-state index contributed by atoms with van der Waals surface area (Å²) in [6.45, 7) is 1.33. The number of aryl methyl sites for hydroxylation is 1. The van der Waals surface area contributed by atoms with E-state index in [4.69, 9.17) is 10.6 Å². The van der Waals surface area contributed by atoms with Crippen molar-refractivity contribution in [3.63, 3.8) is 0 Å². The van der Waals surface area contributed by atoms with Gasteiger partial charge in [0, 0.05) is 18.3 Å². The van der Waals surface area contributed by atoms with Crippen LogP contribution in [0.1, 0.15) is 15.9 Å². The lowest BCUT2D eigenvalue weighted by Gasteiger charge is -2.09. The van der Waals surface area contributed by atoms with Crippen molar-refractivity contribution >= 4 is 11.6 Å². The van der Waals surface area contributed by atoms with Gasteiger partial charge in [-0.15, -0.1) is 0 Å². The van der Waals surface area contributed by atoms with Gasteiger partial charge in [0.15, 0.2) is 11.6 Å². The summed E-state index contributed by atoms with van der Waals surface area (Å²) in [7, 11) is 0. The van der Waals surface area contributed by atoms with Gasteiger partial charge in [-0.05, 0) is 30.7 Å². The van der Waals surface area contributed by atoms with Crippen molar-refractivity contribution in [1.82, 2.24) is 10.3 Å². The van der Waals surface area contributed by atoms with Crippen molar-refractivity contribution in [2.45, 2.75) is 6.92 Å². The first-order valence-corrected chi connectivity index (χ1v) is 6.71. The number of nitrogens with zero attached hydrogens (tertiary/aromatic N) is 2. The van der Waals surface area contributed by atoms with E-state index >= 15 is 0 Å². The maximum atomic E-state index is 14.2. The second-order valence-corrected chi connectivity index (χ2v) is 4.74. The summed E-state index contributed by atoms with van der Waals surface area (Å²) in [4.78, 5) is 15.7. The molecule has 8 heteroatoms. The van der Waals surface area contributed by atoms with Crippen LogP contribution in [-0.4, -0.2) is 29.1 Å². The van der Waals surface area contributed by atoms with Crippen LogP contribution in [0.4, 0.5) is 14.5 Å². The Hall–Kier alpha value is -2.74. The fraction of sp³-hybridized carbons (Fsp3) is 0.200. The van der Waals surface area contributed by atoms with Gasteiger partial charge in [0.2, 0.25) is 0 Å². The number of aromatic nitrogens is 1. The van der Waals surface area contributed by atoms with Gasteiger partial charge in [0.1, 0.15) is 0 Å². The van der Waals surface area contributed by atoms with Crippen LogP contribution >= 0.6 is 0 Å². The molecule has 0 saturated carbocycles. The minimum Gasteiger partial charge on any atom is -0.395 e. The molecular formula is C15H14F2N4O2. The molecule has 0 fully saturated rings. The number of aliphatic hydroxyl groups excluding tert-OH is 1. The Labute approximate surface area is 130 Å². The van der Waals surface area contributed by atoms with Crippen LogP contribution in [0.3, 0.4) is 0 Å². The van der Waals surface area contributed by atoms with Gasteiger partial charge < -0.3 is 10.4 Å². The second-order valence-electron chi connectivity index (χ2n) is 4.74. The van der Waals surface area contributed by atoms with Crippen LogP contribution in [0.15, 0.2) is 29.5 Å². The maximum Gasteiger partial charge on any atom is 0.254 e. The van der Waals surface area contributed by atoms with Crippen LogP contribution in [0.25, 0.3) is 11.3 Å². The van der Waals surface area contributed by atoms with Gasteiger partial charge in [-0.3, -0.25) is 9.78 Å². The van der Waals surface area contributed by atoms with Gasteiger partial charge in [-0.1, -0.05) is 0 Å². The molecule has 0 aliphatic heterocycles. The Morgan fingerprint density at radius 1 is 1.39 bits per heavy atom. The number of nitrogens with one attached hydrogen (secondary N) is 2. The topological polar surface area (TPSA) is 98.4 Å². The third kappa shape index (κ3) is 3.37. The van der Waals surface area contributed by atoms with E-state index in [2.05, 4.69) is 15.4 Å². The smallest absolute Gasteiger partial charge is 0.254 e. The van der Waals surface area contributed by atoms with E-state index < -0.39 is 23.1 Å². The van der Waals surface area contributed by atoms with Gasteiger partial charge >= 0.3 is 0 Å². The van der Waals surface area contributed by atoms with Crippen molar-refractivity contribution in [3.8, 4) is 11.3 Å². The van der Waals surface area contributed by atoms with E-state index in [9.17, 15) is 13.6 Å². The number of rotatable bonds is 5. The molecule has 1 aromatic heterocycles. The van der Waals surface area contributed by atoms with Crippen LogP contribution in [-0.2, 0) is 0 Å². The molecule has 120 valence electrons. The maximum absolute atomic E-state index is 14.2. The Bertz CT molecular complexity index is 765. The first kappa shape index (κ1) is 16.6. The molecule has 6 nitrogen and oxygen atoms in total. The van der Waals surface area contributed by atoms with E-state index in [1.54, 1.807) is 6.92 Å². The number of carbonyl (C=O) groups excluding carboxylic acids is 1. The molecule has 2 rings (SSSR count). The molecule has 3 N–H and O–H groups in total. The molecule has 0 aliphatic carbocycles. The van der Waals surface area contributed by atoms with Gasteiger partial charge in [-0.25, -0.2) is 14.3 Å². The molecule has 1 aromatic carbocycles. The van der Waals surface area contributed by atoms with Crippen molar-refractivity contribution in [3.05, 3.63) is 47.2 Å². The largest absolute Gasteiger partial charge is 0.395 e. The Balaban J connectivity index is 2.44. The zero-order chi connectivity index (χ0) is 17.0. The number of hydrogen-bond donors (Lipinski definition) is 3. The van der Waals surface area contributed by atoms with Crippen molar-refractivity contribution in [1.29, 1.82) is 5.53 Å². The summed E-state index contributed by atoms with van der Waals surface area (Å²) in [5.41, 5.74) is 7.49. The first-order chi connectivity index (χ1) is 11.0. The molecule has 1 amide bonds. The molecule has 0 spiro atoms. The molecule has 0 aliphatic rings. The predicted octanol–water partition coefficient (Wildman–Crippen LogP) is 2.72. The van der Waals surface area contributed by atoms with Gasteiger partial charge in [0.25, 0.3) is 5.91 Å². The molecule has 0 unspecified atom stereocenters. The van der Waals surface area contributed by atoms with E-state index in [0.717, 1.165) is 6.07 Å². The molecule has 23 heavy (non-hydrogen) atoms. The molecular weight excluding hydrogens is 306 g/mol. The monoisotopic (exact) mass is 320 g/mol. The third-order valence-electron chi connectivity index (χ3n) is 3.20. The standard InChI is InChI=1S/C15H14F2N4O2/c1-8-7-20-12(6-11(8)21-18)9-2-3-10(14(17)13(9)16)15(23)19-4-5-22/h2-3,6-7,18,22H,4-5H2,1H3,(H,19,23). The van der Waals surface area contributed by atoms with E-state index in [1.807, 2.05) is 0 Å². The zero-order valence-corrected chi connectivity index (χ0v) is 12.2. The highest BCUT2D eigenvalue weighted by atomic mass is 19.2. The first-order valence-electron chi connectivity index (χ1n) is 6.71. The number of halogens is 2. The summed E-state index contributed by atoms with van der Waals surface area (Å²) < 4.78 is 28.3. The zero-order valence-electron chi connectivity index (χ0n) is 12.2. The lowest BCUT2D eigenvalue weighted by molar-refractivity contribution is 0.0939. The molecule has 0 saturated heterocycles. The van der Waals surface area contributed by atoms with E-state index in [1.165, 1.54) is 18.3 Å². The van der Waals surface area contributed by atoms with Crippen molar-refractivity contribution in [2.24, 2.45) is 5.11 Å². The van der Waals surface area contributed by atoms with E-state index in [0.29, 0.717) is 11.3 Å². The minimum absolute atomic E-state index is 0.0600. The molecule has 0 atom stereocenters. The Morgan fingerprint density at radius 2 is 2.13 bits per heavy atom. The number of aliphatic hydroxyl groups is 1. The van der Waals surface area contributed by atoms with Crippen LogP contribution in [0.2, 0.25) is 0 Å². The van der Waals surface area contributed by atoms with Crippen LogP contribution in [0.5, 0.6) is 0 Å². The van der Waals surface area contributed by atoms with Gasteiger partial charge in [-0.2, -0.15) is 5.11 Å². The highest BCUT2D eigenvalue weighted by Gasteiger charge is 2.20. The highest BCUT2D eigenvalue weighted by molar-refractivity contribution is 5.95. The second kappa shape index (κ2) is 7.01. The highest BCUT2D eigenvalue weighted by Crippen LogP contribution is 2.29. The van der Waals surface area contributed by atoms with Gasteiger partial charge in [0.05, 0.1) is 23.6 Å². The summed E-state index contributed by atoms with van der Waals surface area (Å²) in [5, 5.41) is 14.2. The normalized spacial score (nSPS) is 10.4. The quantitative estimate of drug-likeness (QED) is 0.739. The average Bonchev–Trinajstić information content (AvgIpc) is 2.55. The number of pyridine rings is 1. The molecule has 0 radical (unpaired) electrons. The summed E-state index contributed by atoms with van der Waals surface area (Å²) >= 11 is 0. The number of hydrogen-bond acceptors (Lipinski definition) is 5. The lowest BCUT2D eigenvalue weighted by atomic mass is 10.0. The molecule has 2 aromatic rings. The van der Waals surface area contributed by atoms with Crippen LogP contribution < -0.4 is 5.32 Å². The van der Waals surface area contributed by atoms with Crippen molar-refractivity contribution < 1.29 is 18.7 Å². The fourth-order valence-electron chi connectivity index (χ4n) is 1.97. The molecule has 0 bridgehead atoms. The number of amides is 1. The summed E-state index contributed by atoms with van der Waals surface area (Å²) in [5.74, 6) is -3.33. The number of benzene rings is 1. The van der Waals surface area contributed by atoms with Crippen molar-refractivity contribution in [2.75, 3.05) is 13.2 Å². The minimum atomic E-state index is -1.30. The van der Waals surface area contributed by atoms with Crippen LogP contribution in [0, 0.1) is 24.1 Å². The van der Waals surface area contributed by atoms with E-state index in [-0.39, 0.29) is 24.4 Å². The summed E-state index contributed by atoms with van der Waals surface area (Å²) in [6, 6.07) is 3.74. The SMILES string of the molecule is Cc1cnc(-c2ccc(C(=O)NCCO)c(F)c2F)cc1N=N. The Kier molecular flexibility index (Phi) is 5.07. The third-order valence-corrected chi connectivity index (χ3v) is 3.20. The average molecular weight is 320 g/mol. The number of carbonyl (C=O) groups is 1. The fourth-order valence-corrected chi connectivity index (χ4v) is 1.97. The molecule has 1 heterocycles. The summed E-state index contributed by atoms with van der Waals surface area (Å²) in [6.07, 6.45) is 1.40. The predicted molar refractivity (Wildman–Crippen MR) is 78.6 cm³/mol. The lowest BCUT2D eigenvalue weighted by Crippen LogP contribution is -2.27. The Morgan fingerprint density at radius 3 is 2.78 bits per heavy atom.